The first-order valence-electron chi connectivity index (χ1n) is 13.9. The Bertz CT molecular complexity index is 1310. The summed E-state index contributed by atoms with van der Waals surface area (Å²) >= 11 is 0. The van der Waals surface area contributed by atoms with Crippen LogP contribution in [0.15, 0.2) is 24.3 Å². The van der Waals surface area contributed by atoms with Crippen LogP contribution >= 0.6 is 0 Å². The number of imide groups is 1. The Morgan fingerprint density at radius 2 is 1.42 bits per heavy atom. The largest absolute Gasteiger partial charge is 0.461 e. The SMILES string of the molecule is CC(=O)OCc1ccc(NC(=O)[C@H](CC(N)=O)NC(=O)[C@H](C)NC(=O)[C@H](C)NC(=O)CCCC(=O)ON2C(=O)CCC2=O)cc1. The number of nitrogens with one attached hydrogen (secondary N) is 4. The van der Waals surface area contributed by atoms with E-state index in [9.17, 15) is 43.2 Å². The van der Waals surface area contributed by atoms with Crippen LogP contribution < -0.4 is 27.0 Å². The average molecular weight is 633 g/mol. The number of esters is 1. The van der Waals surface area contributed by atoms with Gasteiger partial charge in [0.25, 0.3) is 11.8 Å². The zero-order chi connectivity index (χ0) is 33.7. The van der Waals surface area contributed by atoms with Crippen molar-refractivity contribution in [2.75, 3.05) is 5.32 Å². The van der Waals surface area contributed by atoms with Gasteiger partial charge >= 0.3 is 11.9 Å². The molecule has 1 heterocycles. The van der Waals surface area contributed by atoms with Crippen LogP contribution in [-0.4, -0.2) is 76.5 Å². The molecule has 0 unspecified atom stereocenters. The molecule has 0 saturated carbocycles. The molecular formula is C28H36N6O11. The van der Waals surface area contributed by atoms with Crippen LogP contribution in [0.2, 0.25) is 0 Å². The predicted molar refractivity (Wildman–Crippen MR) is 153 cm³/mol. The first-order valence-corrected chi connectivity index (χ1v) is 13.9. The molecule has 1 aliphatic heterocycles. The van der Waals surface area contributed by atoms with E-state index in [1.165, 1.54) is 32.9 Å². The van der Waals surface area contributed by atoms with E-state index < -0.39 is 77.8 Å². The summed E-state index contributed by atoms with van der Waals surface area (Å²) in [5, 5.41) is 10.1. The van der Waals surface area contributed by atoms with Crippen molar-refractivity contribution in [2.45, 2.75) is 84.0 Å². The molecule has 0 aromatic heterocycles. The molecule has 1 fully saturated rings. The lowest BCUT2D eigenvalue weighted by Gasteiger charge is -2.22. The molecule has 1 aliphatic rings. The highest BCUT2D eigenvalue weighted by molar-refractivity contribution is 6.02. The van der Waals surface area contributed by atoms with Crippen molar-refractivity contribution in [2.24, 2.45) is 5.73 Å². The summed E-state index contributed by atoms with van der Waals surface area (Å²) in [7, 11) is 0. The number of hydrogen-bond acceptors (Lipinski definition) is 11. The third kappa shape index (κ3) is 12.4. The number of ether oxygens (including phenoxy) is 1. The second kappa shape index (κ2) is 17.1. The lowest BCUT2D eigenvalue weighted by Crippen LogP contribution is -2.55. The van der Waals surface area contributed by atoms with Gasteiger partial charge in [0.15, 0.2) is 0 Å². The molecule has 17 heteroatoms. The first-order chi connectivity index (χ1) is 21.2. The van der Waals surface area contributed by atoms with Gasteiger partial charge in [0, 0.05) is 38.3 Å². The quantitative estimate of drug-likeness (QED) is 0.107. The smallest absolute Gasteiger partial charge is 0.333 e. The number of rotatable bonds is 16. The van der Waals surface area contributed by atoms with Crippen LogP contribution in [0, 0.1) is 0 Å². The van der Waals surface area contributed by atoms with Crippen LogP contribution in [0.1, 0.15) is 64.9 Å². The third-order valence-corrected chi connectivity index (χ3v) is 6.21. The van der Waals surface area contributed by atoms with E-state index in [1.54, 1.807) is 12.1 Å². The normalized spacial score (nSPS) is 14.4. The van der Waals surface area contributed by atoms with Crippen molar-refractivity contribution in [1.82, 2.24) is 21.0 Å². The zero-order valence-corrected chi connectivity index (χ0v) is 25.0. The fraction of sp³-hybridized carbons (Fsp3) is 0.464. The molecule has 0 spiro atoms. The van der Waals surface area contributed by atoms with E-state index in [0.717, 1.165) is 0 Å². The molecule has 3 atom stereocenters. The van der Waals surface area contributed by atoms with Crippen molar-refractivity contribution in [3.63, 3.8) is 0 Å². The number of benzene rings is 1. The Balaban J connectivity index is 1.81. The molecule has 1 saturated heterocycles. The number of carbonyl (C=O) groups excluding carboxylic acids is 9. The molecule has 0 radical (unpaired) electrons. The van der Waals surface area contributed by atoms with E-state index >= 15 is 0 Å². The van der Waals surface area contributed by atoms with Gasteiger partial charge in [-0.05, 0) is 38.0 Å². The number of amides is 7. The summed E-state index contributed by atoms with van der Waals surface area (Å²) in [4.78, 5) is 112. The predicted octanol–water partition coefficient (Wildman–Crippen LogP) is -1.16. The number of hydroxylamine groups is 2. The Morgan fingerprint density at radius 3 is 2.00 bits per heavy atom. The van der Waals surface area contributed by atoms with Crippen molar-refractivity contribution >= 4 is 59.0 Å². The fourth-order valence-electron chi connectivity index (χ4n) is 3.79. The van der Waals surface area contributed by atoms with Gasteiger partial charge in [-0.3, -0.25) is 38.4 Å². The van der Waals surface area contributed by atoms with Crippen molar-refractivity contribution in [3.8, 4) is 0 Å². The molecule has 6 N–H and O–H groups in total. The summed E-state index contributed by atoms with van der Waals surface area (Å²) in [6, 6.07) is 2.62. The Hall–Kier alpha value is -5.35. The minimum absolute atomic E-state index is 0.00970. The van der Waals surface area contributed by atoms with Gasteiger partial charge in [0.2, 0.25) is 29.5 Å². The maximum atomic E-state index is 12.8. The zero-order valence-electron chi connectivity index (χ0n) is 25.0. The molecule has 0 bridgehead atoms. The van der Waals surface area contributed by atoms with Crippen LogP contribution in [-0.2, 0) is 59.3 Å². The molecule has 244 valence electrons. The number of nitrogens with zero attached hydrogens (tertiary/aromatic N) is 1. The van der Waals surface area contributed by atoms with E-state index in [1.807, 2.05) is 0 Å². The first kappa shape index (κ1) is 35.8. The maximum Gasteiger partial charge on any atom is 0.333 e. The van der Waals surface area contributed by atoms with E-state index in [0.29, 0.717) is 16.3 Å². The van der Waals surface area contributed by atoms with Crippen LogP contribution in [0.3, 0.4) is 0 Å². The molecule has 1 aromatic carbocycles. The Kier molecular flexibility index (Phi) is 13.6. The monoisotopic (exact) mass is 632 g/mol. The number of anilines is 1. The van der Waals surface area contributed by atoms with E-state index in [4.69, 9.17) is 15.3 Å². The third-order valence-electron chi connectivity index (χ3n) is 6.21. The fourth-order valence-corrected chi connectivity index (χ4v) is 3.79. The molecule has 1 aromatic rings. The highest BCUT2D eigenvalue weighted by Gasteiger charge is 2.33. The van der Waals surface area contributed by atoms with Gasteiger partial charge in [-0.2, -0.15) is 0 Å². The van der Waals surface area contributed by atoms with Crippen LogP contribution in [0.5, 0.6) is 0 Å². The number of nitrogens with two attached hydrogens (primary N) is 1. The lowest BCUT2D eigenvalue weighted by molar-refractivity contribution is -0.197. The summed E-state index contributed by atoms with van der Waals surface area (Å²) in [6.45, 7) is 3.99. The average Bonchev–Trinajstić information content (AvgIpc) is 3.27. The van der Waals surface area contributed by atoms with Gasteiger partial charge in [0.1, 0.15) is 24.7 Å². The minimum atomic E-state index is -1.37. The highest BCUT2D eigenvalue weighted by Crippen LogP contribution is 2.14. The Morgan fingerprint density at radius 1 is 0.844 bits per heavy atom. The molecule has 45 heavy (non-hydrogen) atoms. The van der Waals surface area contributed by atoms with Crippen LogP contribution in [0.25, 0.3) is 0 Å². The second-order valence-corrected chi connectivity index (χ2v) is 10.1. The van der Waals surface area contributed by atoms with Crippen molar-refractivity contribution in [1.29, 1.82) is 0 Å². The Labute approximate surface area is 257 Å². The number of hydrogen-bond donors (Lipinski definition) is 5. The standard InChI is InChI=1S/C28H36N6O11/c1-15(30-22(37)5-4-6-25(40)45-34-23(38)11-12-24(34)39)26(41)31-16(2)27(42)33-20(13-21(29)36)28(43)32-19-9-7-18(8-10-19)14-44-17(3)35/h7-10,15-16,20H,4-6,11-14H2,1-3H3,(H2,29,36)(H,30,37)(H,31,41)(H,32,43)(H,33,42)/t15-,16-,20-/m0/s1. The molecular weight excluding hydrogens is 596 g/mol. The van der Waals surface area contributed by atoms with Gasteiger partial charge < -0.3 is 36.6 Å². The molecule has 2 rings (SSSR count). The van der Waals surface area contributed by atoms with Crippen molar-refractivity contribution < 1.29 is 52.7 Å². The summed E-state index contributed by atoms with van der Waals surface area (Å²) in [5.74, 6) is -6.32. The molecule has 17 nitrogen and oxygen atoms in total. The molecule has 7 amide bonds. The summed E-state index contributed by atoms with van der Waals surface area (Å²) in [5.41, 5.74) is 6.23. The summed E-state index contributed by atoms with van der Waals surface area (Å²) < 4.78 is 4.90. The topological polar surface area (TPSA) is 249 Å². The van der Waals surface area contributed by atoms with Gasteiger partial charge in [-0.1, -0.05) is 12.1 Å². The number of primary amides is 1. The van der Waals surface area contributed by atoms with Gasteiger partial charge in [0.05, 0.1) is 6.42 Å². The summed E-state index contributed by atoms with van der Waals surface area (Å²) in [6.07, 6.45) is -1.05. The van der Waals surface area contributed by atoms with E-state index in [2.05, 4.69) is 21.3 Å². The lowest BCUT2D eigenvalue weighted by atomic mass is 10.1. The highest BCUT2D eigenvalue weighted by atomic mass is 16.7. The second-order valence-electron chi connectivity index (χ2n) is 10.1. The van der Waals surface area contributed by atoms with Gasteiger partial charge in [-0.25, -0.2) is 4.79 Å². The minimum Gasteiger partial charge on any atom is -0.461 e. The van der Waals surface area contributed by atoms with Crippen LogP contribution in [0.4, 0.5) is 5.69 Å². The number of carbonyl (C=O) groups is 9. The van der Waals surface area contributed by atoms with Crippen molar-refractivity contribution in [3.05, 3.63) is 29.8 Å². The van der Waals surface area contributed by atoms with E-state index in [-0.39, 0.29) is 38.7 Å². The molecule has 0 aliphatic carbocycles. The maximum absolute atomic E-state index is 12.8. The van der Waals surface area contributed by atoms with Gasteiger partial charge in [-0.15, -0.1) is 5.06 Å².